The lowest BCUT2D eigenvalue weighted by atomic mass is 10.1. The molecule has 0 aliphatic rings. The maximum Gasteiger partial charge on any atom is 0.244 e. The molecule has 3 aromatic carbocycles. The molecule has 1 aromatic heterocycles. The average molecular weight is 524 g/mol. The Kier molecular flexibility index (Phi) is 6.21. The Bertz CT molecular complexity index is 1200. The van der Waals surface area contributed by atoms with Crippen molar-refractivity contribution in [1.82, 2.24) is 9.97 Å². The summed E-state index contributed by atoms with van der Waals surface area (Å²) in [7, 11) is 0. The molecule has 0 aliphatic carbocycles. The highest BCUT2D eigenvalue weighted by Crippen LogP contribution is 2.26. The highest BCUT2D eigenvalue weighted by atomic mass is 79.9. The standard InChI is InChI=1S/C23H16Br2N4O/c24-18-8-6-16(7-9-18)21-13-20(15-4-2-1-3-5-15)27-23(28-21)29-26-14-17-12-19(25)10-11-22(17)30/h1-14,30H,(H,27,28,29)/b26-14+. The fraction of sp³-hybridized carbons (Fsp3) is 0. The summed E-state index contributed by atoms with van der Waals surface area (Å²) in [5.41, 5.74) is 6.97. The van der Waals surface area contributed by atoms with Gasteiger partial charge in [-0.25, -0.2) is 15.4 Å². The predicted octanol–water partition coefficient (Wildman–Crippen LogP) is 6.49. The van der Waals surface area contributed by atoms with Crippen molar-refractivity contribution in [2.24, 2.45) is 5.10 Å². The van der Waals surface area contributed by atoms with Gasteiger partial charge in [-0.2, -0.15) is 5.10 Å². The molecule has 148 valence electrons. The molecule has 0 saturated carbocycles. The minimum atomic E-state index is 0.137. The number of halogens is 2. The third-order valence-corrected chi connectivity index (χ3v) is 5.32. The topological polar surface area (TPSA) is 70.4 Å². The quantitative estimate of drug-likeness (QED) is 0.232. The maximum atomic E-state index is 9.97. The summed E-state index contributed by atoms with van der Waals surface area (Å²) in [4.78, 5) is 9.21. The number of nitrogens with zero attached hydrogens (tertiary/aromatic N) is 3. The van der Waals surface area contributed by atoms with E-state index in [1.807, 2.05) is 60.7 Å². The van der Waals surface area contributed by atoms with Gasteiger partial charge in [0, 0.05) is 25.6 Å². The van der Waals surface area contributed by atoms with Gasteiger partial charge in [-0.05, 0) is 36.4 Å². The molecule has 4 rings (SSSR count). The van der Waals surface area contributed by atoms with Gasteiger partial charge in [0.15, 0.2) is 0 Å². The van der Waals surface area contributed by atoms with E-state index < -0.39 is 0 Å². The second kappa shape index (κ2) is 9.19. The van der Waals surface area contributed by atoms with Crippen LogP contribution in [-0.2, 0) is 0 Å². The van der Waals surface area contributed by atoms with Crippen LogP contribution in [0.25, 0.3) is 22.5 Å². The van der Waals surface area contributed by atoms with Gasteiger partial charge in [-0.1, -0.05) is 74.3 Å². The molecule has 0 aliphatic heterocycles. The third-order valence-electron chi connectivity index (χ3n) is 4.29. The van der Waals surface area contributed by atoms with E-state index in [4.69, 9.17) is 0 Å². The van der Waals surface area contributed by atoms with E-state index >= 15 is 0 Å². The van der Waals surface area contributed by atoms with Crippen LogP contribution in [0.15, 0.2) is 92.9 Å². The number of aromatic hydroxyl groups is 1. The van der Waals surface area contributed by atoms with Gasteiger partial charge in [-0.15, -0.1) is 0 Å². The van der Waals surface area contributed by atoms with E-state index in [-0.39, 0.29) is 5.75 Å². The number of nitrogens with one attached hydrogen (secondary N) is 1. The van der Waals surface area contributed by atoms with E-state index in [0.29, 0.717) is 11.5 Å². The van der Waals surface area contributed by atoms with Gasteiger partial charge in [0.2, 0.25) is 5.95 Å². The largest absolute Gasteiger partial charge is 0.507 e. The fourth-order valence-electron chi connectivity index (χ4n) is 2.81. The zero-order valence-corrected chi connectivity index (χ0v) is 18.8. The Morgan fingerprint density at radius 3 is 2.10 bits per heavy atom. The first-order chi connectivity index (χ1) is 14.6. The van der Waals surface area contributed by atoms with Crippen molar-refractivity contribution in [3.8, 4) is 28.3 Å². The molecular weight excluding hydrogens is 508 g/mol. The van der Waals surface area contributed by atoms with Crippen molar-refractivity contribution in [3.63, 3.8) is 0 Å². The Balaban J connectivity index is 1.69. The van der Waals surface area contributed by atoms with Crippen LogP contribution < -0.4 is 5.43 Å². The molecule has 4 aromatic rings. The zero-order chi connectivity index (χ0) is 20.9. The van der Waals surface area contributed by atoms with Crippen LogP contribution in [0.4, 0.5) is 5.95 Å². The predicted molar refractivity (Wildman–Crippen MR) is 128 cm³/mol. The third kappa shape index (κ3) is 4.93. The molecule has 1 heterocycles. The van der Waals surface area contributed by atoms with Crippen molar-refractivity contribution in [3.05, 3.63) is 93.4 Å². The minimum Gasteiger partial charge on any atom is -0.507 e. The number of phenols is 1. The molecule has 0 spiro atoms. The van der Waals surface area contributed by atoms with E-state index in [1.54, 1.807) is 18.2 Å². The SMILES string of the molecule is Oc1ccc(Br)cc1/C=N/Nc1nc(-c2ccccc2)cc(-c2ccc(Br)cc2)n1. The van der Waals surface area contributed by atoms with Crippen LogP contribution in [0.2, 0.25) is 0 Å². The van der Waals surface area contributed by atoms with E-state index in [9.17, 15) is 5.11 Å². The lowest BCUT2D eigenvalue weighted by Gasteiger charge is -2.08. The summed E-state index contributed by atoms with van der Waals surface area (Å²) in [6.07, 6.45) is 1.53. The van der Waals surface area contributed by atoms with Crippen molar-refractivity contribution in [2.45, 2.75) is 0 Å². The average Bonchev–Trinajstić information content (AvgIpc) is 2.77. The maximum absolute atomic E-state index is 9.97. The van der Waals surface area contributed by atoms with Crippen LogP contribution in [0.1, 0.15) is 5.56 Å². The van der Waals surface area contributed by atoms with Crippen LogP contribution in [0.5, 0.6) is 5.75 Å². The number of aromatic nitrogens is 2. The fourth-order valence-corrected chi connectivity index (χ4v) is 3.45. The molecule has 30 heavy (non-hydrogen) atoms. The molecule has 0 unspecified atom stereocenters. The number of hydrogen-bond acceptors (Lipinski definition) is 5. The minimum absolute atomic E-state index is 0.137. The van der Waals surface area contributed by atoms with Gasteiger partial charge in [0.1, 0.15) is 5.75 Å². The summed E-state index contributed by atoms with van der Waals surface area (Å²) in [5.74, 6) is 0.498. The number of hydrazone groups is 1. The zero-order valence-electron chi connectivity index (χ0n) is 15.6. The first kappa shape index (κ1) is 20.3. The number of anilines is 1. The van der Waals surface area contributed by atoms with E-state index in [2.05, 4.69) is 52.4 Å². The summed E-state index contributed by atoms with van der Waals surface area (Å²) in [6.45, 7) is 0. The van der Waals surface area contributed by atoms with E-state index in [1.165, 1.54) is 6.21 Å². The molecule has 0 amide bonds. The van der Waals surface area contributed by atoms with Crippen LogP contribution in [0, 0.1) is 0 Å². The molecule has 0 atom stereocenters. The Hall–Kier alpha value is -3.03. The molecule has 7 heteroatoms. The first-order valence-corrected chi connectivity index (χ1v) is 10.6. The van der Waals surface area contributed by atoms with Crippen molar-refractivity contribution >= 4 is 44.0 Å². The van der Waals surface area contributed by atoms with Crippen molar-refractivity contribution < 1.29 is 5.11 Å². The van der Waals surface area contributed by atoms with Crippen LogP contribution >= 0.6 is 31.9 Å². The lowest BCUT2D eigenvalue weighted by Crippen LogP contribution is -2.00. The van der Waals surface area contributed by atoms with Crippen molar-refractivity contribution in [2.75, 3.05) is 5.43 Å². The summed E-state index contributed by atoms with van der Waals surface area (Å²) < 4.78 is 1.85. The van der Waals surface area contributed by atoms with Gasteiger partial charge >= 0.3 is 0 Å². The van der Waals surface area contributed by atoms with Gasteiger partial charge in [-0.3, -0.25) is 0 Å². The van der Waals surface area contributed by atoms with E-state index in [0.717, 1.165) is 31.5 Å². The Morgan fingerprint density at radius 1 is 0.767 bits per heavy atom. The number of hydrogen-bond donors (Lipinski definition) is 2. The second-order valence-electron chi connectivity index (χ2n) is 6.41. The number of phenolic OH excluding ortho intramolecular Hbond substituents is 1. The van der Waals surface area contributed by atoms with Crippen molar-refractivity contribution in [1.29, 1.82) is 0 Å². The highest BCUT2D eigenvalue weighted by molar-refractivity contribution is 9.10. The Morgan fingerprint density at radius 2 is 1.40 bits per heavy atom. The molecule has 2 N–H and O–H groups in total. The molecular formula is C23H16Br2N4O. The molecule has 0 saturated heterocycles. The second-order valence-corrected chi connectivity index (χ2v) is 8.24. The summed E-state index contributed by atoms with van der Waals surface area (Å²) in [5, 5.41) is 14.2. The lowest BCUT2D eigenvalue weighted by molar-refractivity contribution is 0.474. The Labute approximate surface area is 190 Å². The van der Waals surface area contributed by atoms with Gasteiger partial charge in [0.05, 0.1) is 17.6 Å². The highest BCUT2D eigenvalue weighted by Gasteiger charge is 2.08. The van der Waals surface area contributed by atoms with Crippen LogP contribution in [-0.4, -0.2) is 21.3 Å². The number of benzene rings is 3. The molecule has 5 nitrogen and oxygen atoms in total. The monoisotopic (exact) mass is 522 g/mol. The van der Waals surface area contributed by atoms with Gasteiger partial charge in [0.25, 0.3) is 0 Å². The molecule has 0 bridgehead atoms. The summed E-state index contributed by atoms with van der Waals surface area (Å²) in [6, 6.07) is 24.9. The summed E-state index contributed by atoms with van der Waals surface area (Å²) >= 11 is 6.85. The number of rotatable bonds is 5. The molecule has 0 radical (unpaired) electrons. The normalized spacial score (nSPS) is 11.0. The first-order valence-electron chi connectivity index (χ1n) is 9.06. The van der Waals surface area contributed by atoms with Crippen LogP contribution in [0.3, 0.4) is 0 Å². The smallest absolute Gasteiger partial charge is 0.244 e. The van der Waals surface area contributed by atoms with Gasteiger partial charge < -0.3 is 5.11 Å². The molecule has 0 fully saturated rings.